The van der Waals surface area contributed by atoms with Crippen molar-refractivity contribution in [1.82, 2.24) is 9.88 Å². The molecule has 1 saturated heterocycles. The van der Waals surface area contributed by atoms with Crippen LogP contribution in [-0.4, -0.2) is 48.4 Å². The van der Waals surface area contributed by atoms with Crippen LogP contribution in [0.1, 0.15) is 53.9 Å². The van der Waals surface area contributed by atoms with Crippen molar-refractivity contribution in [2.24, 2.45) is 5.92 Å². The predicted octanol–water partition coefficient (Wildman–Crippen LogP) is 4.91. The van der Waals surface area contributed by atoms with Crippen molar-refractivity contribution < 1.29 is 4.79 Å². The number of hydrogen-bond acceptors (Lipinski definition) is 4. The van der Waals surface area contributed by atoms with Crippen LogP contribution in [0.2, 0.25) is 0 Å². The zero-order valence-electron chi connectivity index (χ0n) is 18.7. The molecule has 5 nitrogen and oxygen atoms in total. The number of H-pyrrole nitrogens is 1. The van der Waals surface area contributed by atoms with Crippen molar-refractivity contribution in [3.63, 3.8) is 0 Å². The number of aromatic amines is 1. The van der Waals surface area contributed by atoms with Gasteiger partial charge in [-0.1, -0.05) is 19.9 Å². The molecule has 2 fully saturated rings. The number of fused-ring (bicyclic) bond motifs is 4. The van der Waals surface area contributed by atoms with E-state index in [1.54, 1.807) is 0 Å². The number of carbonyl (C=O) groups excluding carboxylic acids is 1. The zero-order valence-corrected chi connectivity index (χ0v) is 20.3. The van der Waals surface area contributed by atoms with Gasteiger partial charge in [-0.3, -0.25) is 9.69 Å². The lowest BCUT2D eigenvalue weighted by atomic mass is 9.71. The molecule has 32 heavy (non-hydrogen) atoms. The monoisotopic (exact) mass is 492 g/mol. The third-order valence-electron chi connectivity index (χ3n) is 7.61. The van der Waals surface area contributed by atoms with E-state index in [4.69, 9.17) is 5.73 Å². The van der Waals surface area contributed by atoms with Gasteiger partial charge in [-0.15, -0.1) is 0 Å². The molecule has 1 saturated carbocycles. The molecule has 2 aliphatic carbocycles. The zero-order chi connectivity index (χ0) is 22.2. The van der Waals surface area contributed by atoms with Crippen LogP contribution in [0.15, 0.2) is 34.8 Å². The Bertz CT molecular complexity index is 1250. The summed E-state index contributed by atoms with van der Waals surface area (Å²) in [6.07, 6.45) is 2.81. The van der Waals surface area contributed by atoms with E-state index in [-0.39, 0.29) is 11.2 Å². The number of aromatic nitrogens is 1. The highest BCUT2D eigenvalue weighted by atomic mass is 79.9. The lowest BCUT2D eigenvalue weighted by Gasteiger charge is -2.38. The Morgan fingerprint density at radius 1 is 1.12 bits per heavy atom. The number of nitrogen functional groups attached to an aromatic ring is 1. The molecule has 0 amide bonds. The summed E-state index contributed by atoms with van der Waals surface area (Å²) in [5.41, 5.74) is 12.2. The summed E-state index contributed by atoms with van der Waals surface area (Å²) in [7, 11) is 0. The fourth-order valence-electron chi connectivity index (χ4n) is 5.54. The number of nitrogens with one attached hydrogen (secondary N) is 1. The molecule has 0 radical (unpaired) electrons. The largest absolute Gasteiger partial charge is 0.399 e. The van der Waals surface area contributed by atoms with E-state index < -0.39 is 0 Å². The van der Waals surface area contributed by atoms with Gasteiger partial charge < -0.3 is 15.6 Å². The number of piperazine rings is 1. The smallest absolute Gasteiger partial charge is 0.195 e. The highest BCUT2D eigenvalue weighted by Gasteiger charge is 2.40. The Kier molecular flexibility index (Phi) is 4.50. The molecule has 3 N–H and O–H groups in total. The average molecular weight is 493 g/mol. The topological polar surface area (TPSA) is 65.4 Å². The first-order valence-corrected chi connectivity index (χ1v) is 12.4. The van der Waals surface area contributed by atoms with E-state index in [1.807, 2.05) is 24.3 Å². The van der Waals surface area contributed by atoms with Gasteiger partial charge in [-0.25, -0.2) is 0 Å². The van der Waals surface area contributed by atoms with Crippen molar-refractivity contribution in [1.29, 1.82) is 0 Å². The Hall–Kier alpha value is -2.31. The van der Waals surface area contributed by atoms with Gasteiger partial charge in [0.25, 0.3) is 0 Å². The maximum atomic E-state index is 13.7. The molecule has 2 aromatic carbocycles. The standard InChI is InChI=1S/C26H29BrN4O/c1-26(2)19-13-22(31-9-7-30(8-10-31)14-15-3-4-15)20(27)12-18(19)24(32)23-17-6-5-16(28)11-21(17)29-25(23)26/h5-6,11-13,15,29H,3-4,7-10,14,28H2,1-2H3. The van der Waals surface area contributed by atoms with Crippen LogP contribution >= 0.6 is 15.9 Å². The first kappa shape index (κ1) is 20.3. The first-order valence-electron chi connectivity index (χ1n) is 11.6. The van der Waals surface area contributed by atoms with Crippen molar-refractivity contribution >= 4 is 44.0 Å². The molecule has 2 heterocycles. The minimum absolute atomic E-state index is 0.0897. The van der Waals surface area contributed by atoms with Gasteiger partial charge in [-0.2, -0.15) is 0 Å². The molecule has 1 aromatic heterocycles. The van der Waals surface area contributed by atoms with E-state index >= 15 is 0 Å². The van der Waals surface area contributed by atoms with Crippen molar-refractivity contribution in [2.75, 3.05) is 43.4 Å². The number of ketones is 1. The second-order valence-electron chi connectivity index (χ2n) is 10.2. The summed E-state index contributed by atoms with van der Waals surface area (Å²) >= 11 is 3.80. The van der Waals surface area contributed by atoms with E-state index in [0.29, 0.717) is 5.69 Å². The lowest BCUT2D eigenvalue weighted by molar-refractivity contribution is 0.103. The fourth-order valence-corrected chi connectivity index (χ4v) is 6.13. The van der Waals surface area contributed by atoms with Crippen molar-refractivity contribution in [3.05, 3.63) is 57.2 Å². The van der Waals surface area contributed by atoms with Crippen LogP contribution in [0.3, 0.4) is 0 Å². The van der Waals surface area contributed by atoms with E-state index in [1.165, 1.54) is 25.1 Å². The molecule has 6 heteroatoms. The van der Waals surface area contributed by atoms with E-state index in [0.717, 1.165) is 69.9 Å². The number of nitrogens with two attached hydrogens (primary N) is 1. The second-order valence-corrected chi connectivity index (χ2v) is 11.1. The number of hydrogen-bond donors (Lipinski definition) is 2. The molecule has 0 bridgehead atoms. The maximum Gasteiger partial charge on any atom is 0.195 e. The number of anilines is 2. The van der Waals surface area contributed by atoms with Gasteiger partial charge in [0.2, 0.25) is 0 Å². The van der Waals surface area contributed by atoms with Crippen LogP contribution in [0.4, 0.5) is 11.4 Å². The van der Waals surface area contributed by atoms with Gasteiger partial charge >= 0.3 is 0 Å². The number of carbonyl (C=O) groups is 1. The molecule has 3 aromatic rings. The van der Waals surface area contributed by atoms with E-state index in [9.17, 15) is 4.79 Å². The number of halogens is 1. The lowest BCUT2D eigenvalue weighted by Crippen LogP contribution is -2.47. The van der Waals surface area contributed by atoms with Crippen LogP contribution in [0.25, 0.3) is 10.9 Å². The second kappa shape index (κ2) is 7.09. The summed E-state index contributed by atoms with van der Waals surface area (Å²) in [5, 5.41) is 0.949. The third-order valence-corrected chi connectivity index (χ3v) is 8.24. The molecular weight excluding hydrogens is 464 g/mol. The third kappa shape index (κ3) is 3.11. The van der Waals surface area contributed by atoms with Gasteiger partial charge in [0.05, 0.1) is 11.3 Å². The number of nitrogens with zero attached hydrogens (tertiary/aromatic N) is 2. The fraction of sp³-hybridized carbons (Fsp3) is 0.423. The van der Waals surface area contributed by atoms with Gasteiger partial charge in [0.1, 0.15) is 0 Å². The van der Waals surface area contributed by atoms with Crippen LogP contribution in [-0.2, 0) is 5.41 Å². The highest BCUT2D eigenvalue weighted by Crippen LogP contribution is 2.46. The maximum absolute atomic E-state index is 13.7. The Morgan fingerprint density at radius 2 is 1.88 bits per heavy atom. The molecule has 0 atom stereocenters. The van der Waals surface area contributed by atoms with E-state index in [2.05, 4.69) is 50.6 Å². The Balaban J connectivity index is 1.39. The Labute approximate surface area is 197 Å². The quantitative estimate of drug-likeness (QED) is 0.509. The van der Waals surface area contributed by atoms with Gasteiger partial charge in [0.15, 0.2) is 5.78 Å². The predicted molar refractivity (Wildman–Crippen MR) is 134 cm³/mol. The van der Waals surface area contributed by atoms with Gasteiger partial charge in [0, 0.05) is 70.5 Å². The summed E-state index contributed by atoms with van der Waals surface area (Å²) in [6.45, 7) is 9.94. The summed E-state index contributed by atoms with van der Waals surface area (Å²) < 4.78 is 1.00. The minimum atomic E-state index is -0.310. The van der Waals surface area contributed by atoms with Crippen LogP contribution in [0, 0.1) is 5.92 Å². The number of benzene rings is 2. The molecular formula is C26H29BrN4O. The first-order chi connectivity index (χ1) is 15.3. The molecule has 1 aliphatic heterocycles. The molecule has 0 unspecified atom stereocenters. The molecule has 6 rings (SSSR count). The molecule has 166 valence electrons. The normalized spacial score (nSPS) is 20.5. The summed E-state index contributed by atoms with van der Waals surface area (Å²) in [5.74, 6) is 1.02. The van der Waals surface area contributed by atoms with Gasteiger partial charge in [-0.05, 0) is 64.5 Å². The molecule has 0 spiro atoms. The Morgan fingerprint density at radius 3 is 2.59 bits per heavy atom. The van der Waals surface area contributed by atoms with Crippen LogP contribution in [0.5, 0.6) is 0 Å². The average Bonchev–Trinajstić information content (AvgIpc) is 3.49. The van der Waals surface area contributed by atoms with Crippen molar-refractivity contribution in [3.8, 4) is 0 Å². The highest BCUT2D eigenvalue weighted by molar-refractivity contribution is 9.10. The summed E-state index contributed by atoms with van der Waals surface area (Å²) in [6, 6.07) is 10.0. The SMILES string of the molecule is CC1(C)c2cc(N3CCN(CC4CC4)CC3)c(Br)cc2C(=O)c2c1[nH]c1cc(N)ccc21. The minimum Gasteiger partial charge on any atom is -0.399 e. The number of rotatable bonds is 3. The summed E-state index contributed by atoms with van der Waals surface area (Å²) in [4.78, 5) is 22.3. The van der Waals surface area contributed by atoms with Crippen molar-refractivity contribution in [2.45, 2.75) is 32.1 Å². The van der Waals surface area contributed by atoms with Crippen LogP contribution < -0.4 is 10.6 Å². The molecule has 3 aliphatic rings.